The van der Waals surface area contributed by atoms with Crippen LogP contribution in [0.4, 0.5) is 9.59 Å². The summed E-state index contributed by atoms with van der Waals surface area (Å²) in [4.78, 5) is 42.3. The maximum absolute atomic E-state index is 11.9. The number of hydrogen-bond donors (Lipinski definition) is 2. The Hall–Kier alpha value is -3.10. The minimum absolute atomic E-state index is 0.269. The number of carbonyl (C=O) groups is 4. The van der Waals surface area contributed by atoms with Crippen LogP contribution in [-0.4, -0.2) is 47.7 Å². The maximum Gasteiger partial charge on any atom is 0.516 e. The first-order chi connectivity index (χ1) is 12.8. The van der Waals surface area contributed by atoms with Crippen LogP contribution in [0.3, 0.4) is 0 Å². The second kappa shape index (κ2) is 14.1. The Balaban J connectivity index is 0.000000821. The van der Waals surface area contributed by atoms with Crippen LogP contribution in [0, 0.1) is 0 Å². The van der Waals surface area contributed by atoms with Gasteiger partial charge in [-0.2, -0.15) is 0 Å². The molecule has 0 atom stereocenters. The fourth-order valence-corrected chi connectivity index (χ4v) is 1.69. The van der Waals surface area contributed by atoms with Crippen molar-refractivity contribution in [2.45, 2.75) is 39.5 Å². The Morgan fingerprint density at radius 1 is 0.778 bits per heavy atom. The van der Waals surface area contributed by atoms with Gasteiger partial charge in [0, 0.05) is 0 Å². The number of esters is 2. The summed E-state index contributed by atoms with van der Waals surface area (Å²) in [7, 11) is 0. The van der Waals surface area contributed by atoms with Crippen LogP contribution in [0.2, 0.25) is 0 Å². The molecule has 27 heavy (non-hydrogen) atoms. The van der Waals surface area contributed by atoms with Crippen LogP contribution < -0.4 is 0 Å². The van der Waals surface area contributed by atoms with Gasteiger partial charge < -0.3 is 24.4 Å². The molecular formula is C18H24O9. The van der Waals surface area contributed by atoms with Crippen LogP contribution in [0.15, 0.2) is 24.3 Å². The highest BCUT2D eigenvalue weighted by Gasteiger charge is 2.18. The minimum Gasteiger partial charge on any atom is -0.462 e. The molecule has 0 bridgehead atoms. The van der Waals surface area contributed by atoms with Crippen molar-refractivity contribution in [2.75, 3.05) is 13.2 Å². The Morgan fingerprint density at radius 3 is 1.41 bits per heavy atom. The van der Waals surface area contributed by atoms with E-state index in [2.05, 4.69) is 4.74 Å². The van der Waals surface area contributed by atoms with E-state index in [0.717, 1.165) is 25.7 Å². The SMILES string of the molecule is CCCCOC(=O)c1ccccc1C(=O)OCCCC.O=C(O)OC(=O)O. The zero-order chi connectivity index (χ0) is 20.7. The maximum atomic E-state index is 11.9. The van der Waals surface area contributed by atoms with Gasteiger partial charge in [0.2, 0.25) is 0 Å². The molecule has 0 aliphatic rings. The van der Waals surface area contributed by atoms with Crippen molar-refractivity contribution in [1.29, 1.82) is 0 Å². The lowest BCUT2D eigenvalue weighted by atomic mass is 10.1. The summed E-state index contributed by atoms with van der Waals surface area (Å²) in [6, 6.07) is 6.59. The molecule has 1 rings (SSSR count). The van der Waals surface area contributed by atoms with E-state index in [-0.39, 0.29) is 11.1 Å². The minimum atomic E-state index is -1.81. The molecule has 0 saturated carbocycles. The number of ether oxygens (including phenoxy) is 3. The summed E-state index contributed by atoms with van der Waals surface area (Å²) in [6.07, 6.45) is -0.0916. The van der Waals surface area contributed by atoms with Gasteiger partial charge in [-0.05, 0) is 25.0 Å². The lowest BCUT2D eigenvalue weighted by Crippen LogP contribution is -2.14. The van der Waals surface area contributed by atoms with Crippen molar-refractivity contribution in [3.05, 3.63) is 35.4 Å². The fourth-order valence-electron chi connectivity index (χ4n) is 1.69. The van der Waals surface area contributed by atoms with E-state index >= 15 is 0 Å². The van der Waals surface area contributed by atoms with Crippen LogP contribution in [0.1, 0.15) is 60.2 Å². The predicted octanol–water partition coefficient (Wildman–Crippen LogP) is 3.96. The van der Waals surface area contributed by atoms with Gasteiger partial charge in [0.05, 0.1) is 24.3 Å². The largest absolute Gasteiger partial charge is 0.516 e. The molecule has 0 amide bonds. The monoisotopic (exact) mass is 384 g/mol. The number of carbonyl (C=O) groups excluding carboxylic acids is 2. The third-order valence-electron chi connectivity index (χ3n) is 3.00. The smallest absolute Gasteiger partial charge is 0.462 e. The van der Waals surface area contributed by atoms with E-state index in [9.17, 15) is 19.2 Å². The number of benzene rings is 1. The average molecular weight is 384 g/mol. The molecule has 1 aromatic rings. The van der Waals surface area contributed by atoms with Gasteiger partial charge in [0.25, 0.3) is 0 Å². The molecule has 2 N–H and O–H groups in total. The Bertz CT molecular complexity index is 572. The molecule has 0 aliphatic carbocycles. The van der Waals surface area contributed by atoms with E-state index in [1.807, 2.05) is 13.8 Å². The first-order valence-corrected chi connectivity index (χ1v) is 8.40. The van der Waals surface area contributed by atoms with Gasteiger partial charge in [-0.15, -0.1) is 0 Å². The zero-order valence-corrected chi connectivity index (χ0v) is 15.3. The first-order valence-electron chi connectivity index (χ1n) is 8.40. The Kier molecular flexibility index (Phi) is 12.5. The lowest BCUT2D eigenvalue weighted by Gasteiger charge is -2.09. The van der Waals surface area contributed by atoms with Crippen molar-refractivity contribution in [3.8, 4) is 0 Å². The Morgan fingerprint density at radius 2 is 1.15 bits per heavy atom. The highest BCUT2D eigenvalue weighted by Crippen LogP contribution is 2.12. The van der Waals surface area contributed by atoms with Gasteiger partial charge in [-0.25, -0.2) is 19.2 Å². The number of rotatable bonds is 8. The van der Waals surface area contributed by atoms with Gasteiger partial charge >= 0.3 is 24.2 Å². The van der Waals surface area contributed by atoms with Gasteiger partial charge in [-0.3, -0.25) is 0 Å². The van der Waals surface area contributed by atoms with Crippen LogP contribution in [0.25, 0.3) is 0 Å². The standard InChI is InChI=1S/C16H22O4.C2H2O5/c1-3-5-11-19-15(17)13-9-7-8-10-14(13)16(18)20-12-6-4-2;3-1(4)7-2(5)6/h7-10H,3-6,11-12H2,1-2H3;(H,3,4)(H,5,6). The summed E-state index contributed by atoms with van der Waals surface area (Å²) in [5.74, 6) is -0.942. The van der Waals surface area contributed by atoms with Gasteiger partial charge in [0.15, 0.2) is 0 Å². The second-order valence-electron chi connectivity index (χ2n) is 5.16. The van der Waals surface area contributed by atoms with E-state index in [1.165, 1.54) is 0 Å². The highest BCUT2D eigenvalue weighted by molar-refractivity contribution is 6.03. The normalized spacial score (nSPS) is 9.41. The quantitative estimate of drug-likeness (QED) is 0.295. The Labute approximate surface area is 156 Å². The zero-order valence-electron chi connectivity index (χ0n) is 15.3. The van der Waals surface area contributed by atoms with Crippen molar-refractivity contribution in [2.24, 2.45) is 0 Å². The first kappa shape index (κ1) is 23.9. The topological polar surface area (TPSA) is 136 Å². The number of unbranched alkanes of at least 4 members (excludes halogenated alkanes) is 2. The number of hydrogen-bond acceptors (Lipinski definition) is 7. The summed E-state index contributed by atoms with van der Waals surface area (Å²) >= 11 is 0. The van der Waals surface area contributed by atoms with Crippen molar-refractivity contribution in [1.82, 2.24) is 0 Å². The van der Waals surface area contributed by atoms with Gasteiger partial charge in [-0.1, -0.05) is 38.8 Å². The molecule has 150 valence electrons. The molecule has 9 nitrogen and oxygen atoms in total. The molecule has 0 radical (unpaired) electrons. The highest BCUT2D eigenvalue weighted by atomic mass is 16.7. The molecule has 9 heteroatoms. The molecule has 0 fully saturated rings. The average Bonchev–Trinajstić information content (AvgIpc) is 2.61. The van der Waals surface area contributed by atoms with E-state index < -0.39 is 24.2 Å². The molecular weight excluding hydrogens is 360 g/mol. The molecule has 0 heterocycles. The fraction of sp³-hybridized carbons (Fsp3) is 0.444. The molecule has 0 aromatic heterocycles. The molecule has 0 aliphatic heterocycles. The lowest BCUT2D eigenvalue weighted by molar-refractivity contribution is 0.0452. The van der Waals surface area contributed by atoms with Crippen molar-refractivity contribution in [3.63, 3.8) is 0 Å². The van der Waals surface area contributed by atoms with Crippen LogP contribution in [-0.2, 0) is 14.2 Å². The van der Waals surface area contributed by atoms with Crippen molar-refractivity contribution < 1.29 is 43.6 Å². The van der Waals surface area contributed by atoms with E-state index in [4.69, 9.17) is 19.7 Å². The molecule has 1 aromatic carbocycles. The number of carboxylic acid groups (broad SMARTS) is 2. The second-order valence-corrected chi connectivity index (χ2v) is 5.16. The van der Waals surface area contributed by atoms with Crippen LogP contribution >= 0.6 is 0 Å². The summed E-state index contributed by atoms with van der Waals surface area (Å²) in [6.45, 7) is 4.78. The summed E-state index contributed by atoms with van der Waals surface area (Å²) < 4.78 is 13.4. The molecule has 0 saturated heterocycles. The molecule has 0 unspecified atom stereocenters. The predicted molar refractivity (Wildman–Crippen MR) is 94.0 cm³/mol. The van der Waals surface area contributed by atoms with Gasteiger partial charge in [0.1, 0.15) is 0 Å². The van der Waals surface area contributed by atoms with Crippen LogP contribution in [0.5, 0.6) is 0 Å². The molecule has 0 spiro atoms. The summed E-state index contributed by atoms with van der Waals surface area (Å²) in [5.41, 5.74) is 0.537. The van der Waals surface area contributed by atoms with Crippen molar-refractivity contribution >= 4 is 24.2 Å². The summed E-state index contributed by atoms with van der Waals surface area (Å²) in [5, 5.41) is 15.0. The third kappa shape index (κ3) is 11.2. The van der Waals surface area contributed by atoms with E-state index in [1.54, 1.807) is 24.3 Å². The third-order valence-corrected chi connectivity index (χ3v) is 3.00. The van der Waals surface area contributed by atoms with E-state index in [0.29, 0.717) is 13.2 Å².